The van der Waals surface area contributed by atoms with Crippen LogP contribution in [0.1, 0.15) is 5.56 Å². The molecule has 0 unspecified atom stereocenters. The van der Waals surface area contributed by atoms with E-state index in [9.17, 15) is 4.79 Å². The van der Waals surface area contributed by atoms with Crippen LogP contribution in [0.25, 0.3) is 10.9 Å². The summed E-state index contributed by atoms with van der Waals surface area (Å²) >= 11 is 0. The van der Waals surface area contributed by atoms with E-state index in [1.165, 1.54) is 5.56 Å². The van der Waals surface area contributed by atoms with Crippen LogP contribution in [0.15, 0.2) is 36.5 Å². The van der Waals surface area contributed by atoms with Crippen molar-refractivity contribution in [3.63, 3.8) is 0 Å². The van der Waals surface area contributed by atoms with Crippen LogP contribution in [0.4, 0.5) is 0 Å². The van der Waals surface area contributed by atoms with Gasteiger partial charge in [0.15, 0.2) is 0 Å². The Morgan fingerprint density at radius 1 is 1.45 bits per heavy atom. The number of hydrogen-bond donors (Lipinski definition) is 2. The maximum Gasteiger partial charge on any atom is 0.243 e. The first kappa shape index (κ1) is 14.3. The van der Waals surface area contributed by atoms with E-state index in [0.717, 1.165) is 23.9 Å². The van der Waals surface area contributed by atoms with Gasteiger partial charge in [-0.1, -0.05) is 18.2 Å². The molecule has 0 bridgehead atoms. The summed E-state index contributed by atoms with van der Waals surface area (Å²) in [6, 6.07) is 6.16. The number of nitrogens with one attached hydrogen (secondary N) is 2. The average molecular weight is 272 g/mol. The third-order valence-corrected chi connectivity index (χ3v) is 2.96. The maximum absolute atomic E-state index is 11.6. The smallest absolute Gasteiger partial charge is 0.243 e. The number of rotatable bonds is 6. The molecular weight excluding hydrogens is 252 g/mol. The summed E-state index contributed by atoms with van der Waals surface area (Å²) in [6.07, 6.45) is 6.04. The van der Waals surface area contributed by atoms with E-state index in [1.807, 2.05) is 31.1 Å². The molecule has 1 aromatic heterocycles. The summed E-state index contributed by atoms with van der Waals surface area (Å²) in [5.41, 5.74) is 2.21. The van der Waals surface area contributed by atoms with Crippen LogP contribution >= 0.6 is 0 Å². The normalized spacial score (nSPS) is 11.6. The number of H-pyrrole nitrogens is 1. The van der Waals surface area contributed by atoms with Gasteiger partial charge in [-0.2, -0.15) is 5.10 Å². The van der Waals surface area contributed by atoms with Crippen LogP contribution in [0.2, 0.25) is 0 Å². The minimum absolute atomic E-state index is 0.0468. The zero-order valence-corrected chi connectivity index (χ0v) is 11.9. The number of amides is 1. The second kappa shape index (κ2) is 6.86. The maximum atomic E-state index is 11.6. The topological polar surface area (TPSA) is 61.0 Å². The van der Waals surface area contributed by atoms with Gasteiger partial charge in [0.25, 0.3) is 0 Å². The summed E-state index contributed by atoms with van der Waals surface area (Å²) in [5, 5.41) is 10.9. The number of aromatic nitrogens is 2. The van der Waals surface area contributed by atoms with Crippen molar-refractivity contribution in [2.75, 3.05) is 27.2 Å². The SMILES string of the molecule is CN(C)C/C=C/C(=O)NCCc1ccc2cn[nH]c2c1. The Morgan fingerprint density at radius 3 is 3.10 bits per heavy atom. The fraction of sp³-hybridized carbons (Fsp3) is 0.333. The second-order valence-electron chi connectivity index (χ2n) is 5.00. The highest BCUT2D eigenvalue weighted by atomic mass is 16.1. The highest BCUT2D eigenvalue weighted by Crippen LogP contribution is 2.12. The monoisotopic (exact) mass is 272 g/mol. The van der Waals surface area contributed by atoms with Crippen molar-refractivity contribution in [1.82, 2.24) is 20.4 Å². The Hall–Kier alpha value is -2.14. The first-order valence-electron chi connectivity index (χ1n) is 6.66. The molecule has 0 spiro atoms. The molecule has 2 aromatic rings. The number of carbonyl (C=O) groups excluding carboxylic acids is 1. The van der Waals surface area contributed by atoms with Gasteiger partial charge < -0.3 is 10.2 Å². The lowest BCUT2D eigenvalue weighted by atomic mass is 10.1. The van der Waals surface area contributed by atoms with Gasteiger partial charge in [-0.05, 0) is 32.1 Å². The van der Waals surface area contributed by atoms with E-state index in [0.29, 0.717) is 6.54 Å². The molecule has 0 aliphatic rings. The Kier molecular flexibility index (Phi) is 4.90. The van der Waals surface area contributed by atoms with Gasteiger partial charge in [-0.3, -0.25) is 9.89 Å². The standard InChI is InChI=1S/C15H20N4O/c1-19(2)9-3-4-15(20)16-8-7-12-5-6-13-11-17-18-14(13)10-12/h3-6,10-11H,7-9H2,1-2H3,(H,16,20)(H,17,18)/b4-3+. The van der Waals surface area contributed by atoms with Crippen LogP contribution in [0, 0.1) is 0 Å². The first-order chi connectivity index (χ1) is 9.65. The van der Waals surface area contributed by atoms with E-state index in [-0.39, 0.29) is 5.91 Å². The predicted molar refractivity (Wildman–Crippen MR) is 80.5 cm³/mol. The lowest BCUT2D eigenvalue weighted by Crippen LogP contribution is -2.24. The first-order valence-corrected chi connectivity index (χ1v) is 6.66. The molecule has 0 aliphatic carbocycles. The lowest BCUT2D eigenvalue weighted by Gasteiger charge is -2.05. The van der Waals surface area contributed by atoms with Crippen LogP contribution < -0.4 is 5.32 Å². The molecule has 0 saturated carbocycles. The predicted octanol–water partition coefficient (Wildman–Crippen LogP) is 1.34. The fourth-order valence-corrected chi connectivity index (χ4v) is 1.90. The van der Waals surface area contributed by atoms with Gasteiger partial charge in [0.05, 0.1) is 11.7 Å². The second-order valence-corrected chi connectivity index (χ2v) is 5.00. The van der Waals surface area contributed by atoms with E-state index in [2.05, 4.69) is 27.6 Å². The molecule has 0 fully saturated rings. The Bertz CT molecular complexity index is 601. The summed E-state index contributed by atoms with van der Waals surface area (Å²) in [4.78, 5) is 13.6. The summed E-state index contributed by atoms with van der Waals surface area (Å²) in [7, 11) is 3.93. The van der Waals surface area contributed by atoms with Crippen molar-refractivity contribution >= 4 is 16.8 Å². The zero-order valence-electron chi connectivity index (χ0n) is 11.9. The Morgan fingerprint density at radius 2 is 2.30 bits per heavy atom. The molecule has 1 heterocycles. The van der Waals surface area contributed by atoms with Crippen LogP contribution in [0.3, 0.4) is 0 Å². The number of likely N-dealkylation sites (N-methyl/N-ethyl adjacent to an activating group) is 1. The van der Waals surface area contributed by atoms with E-state index < -0.39 is 0 Å². The molecule has 5 heteroatoms. The van der Waals surface area contributed by atoms with Crippen molar-refractivity contribution in [2.24, 2.45) is 0 Å². The molecule has 106 valence electrons. The van der Waals surface area contributed by atoms with E-state index in [1.54, 1.807) is 12.3 Å². The molecule has 2 rings (SSSR count). The van der Waals surface area contributed by atoms with Gasteiger partial charge in [-0.15, -0.1) is 0 Å². The molecule has 20 heavy (non-hydrogen) atoms. The van der Waals surface area contributed by atoms with Gasteiger partial charge >= 0.3 is 0 Å². The van der Waals surface area contributed by atoms with Gasteiger partial charge in [-0.25, -0.2) is 0 Å². The van der Waals surface area contributed by atoms with Crippen molar-refractivity contribution < 1.29 is 4.79 Å². The van der Waals surface area contributed by atoms with Gasteiger partial charge in [0, 0.05) is 24.6 Å². The number of fused-ring (bicyclic) bond motifs is 1. The largest absolute Gasteiger partial charge is 0.352 e. The molecule has 2 N–H and O–H groups in total. The zero-order chi connectivity index (χ0) is 14.4. The molecule has 0 atom stereocenters. The molecule has 0 radical (unpaired) electrons. The summed E-state index contributed by atoms with van der Waals surface area (Å²) < 4.78 is 0. The van der Waals surface area contributed by atoms with E-state index in [4.69, 9.17) is 0 Å². The third-order valence-electron chi connectivity index (χ3n) is 2.96. The summed E-state index contributed by atoms with van der Waals surface area (Å²) in [5.74, 6) is -0.0468. The number of nitrogens with zero attached hydrogens (tertiary/aromatic N) is 2. The lowest BCUT2D eigenvalue weighted by molar-refractivity contribution is -0.116. The number of carbonyl (C=O) groups is 1. The molecule has 1 aromatic carbocycles. The van der Waals surface area contributed by atoms with Crippen molar-refractivity contribution in [2.45, 2.75) is 6.42 Å². The average Bonchev–Trinajstić information content (AvgIpc) is 2.85. The molecule has 0 aliphatic heterocycles. The fourth-order valence-electron chi connectivity index (χ4n) is 1.90. The van der Waals surface area contributed by atoms with Gasteiger partial charge in [0.2, 0.25) is 5.91 Å². The highest BCUT2D eigenvalue weighted by Gasteiger charge is 1.99. The third kappa shape index (κ3) is 4.20. The van der Waals surface area contributed by atoms with Crippen molar-refractivity contribution in [1.29, 1.82) is 0 Å². The minimum Gasteiger partial charge on any atom is -0.352 e. The summed E-state index contributed by atoms with van der Waals surface area (Å²) in [6.45, 7) is 1.40. The van der Waals surface area contributed by atoms with Crippen molar-refractivity contribution in [3.05, 3.63) is 42.1 Å². The van der Waals surface area contributed by atoms with Crippen LogP contribution in [-0.2, 0) is 11.2 Å². The Labute approximate surface area is 118 Å². The minimum atomic E-state index is -0.0468. The van der Waals surface area contributed by atoms with Gasteiger partial charge in [0.1, 0.15) is 0 Å². The molecule has 5 nitrogen and oxygen atoms in total. The van der Waals surface area contributed by atoms with Crippen molar-refractivity contribution in [3.8, 4) is 0 Å². The molecule has 0 saturated heterocycles. The van der Waals surface area contributed by atoms with Crippen LogP contribution in [-0.4, -0.2) is 48.2 Å². The van der Waals surface area contributed by atoms with E-state index >= 15 is 0 Å². The Balaban J connectivity index is 1.77. The number of aromatic amines is 1. The number of benzene rings is 1. The molecule has 1 amide bonds. The molecular formula is C15H20N4O. The number of hydrogen-bond acceptors (Lipinski definition) is 3. The highest BCUT2D eigenvalue weighted by molar-refractivity contribution is 5.87. The van der Waals surface area contributed by atoms with Crippen LogP contribution in [0.5, 0.6) is 0 Å². The quantitative estimate of drug-likeness (QED) is 0.780.